The quantitative estimate of drug-likeness (QED) is 0.777. The van der Waals surface area contributed by atoms with E-state index in [0.717, 1.165) is 16.1 Å². The van der Waals surface area contributed by atoms with Crippen molar-refractivity contribution >= 4 is 29.1 Å². The molecular formula is C19H17NO2S. The molecular weight excluding hydrogens is 306 g/mol. The van der Waals surface area contributed by atoms with E-state index in [2.05, 4.69) is 0 Å². The summed E-state index contributed by atoms with van der Waals surface area (Å²) in [6.45, 7) is 3.80. The molecule has 2 aromatic rings. The second kappa shape index (κ2) is 6.42. The molecule has 0 bridgehead atoms. The molecule has 0 saturated heterocycles. The molecule has 0 N–H and O–H groups in total. The Labute approximate surface area is 140 Å². The molecule has 0 radical (unpaired) electrons. The van der Waals surface area contributed by atoms with Crippen LogP contribution in [0.5, 0.6) is 0 Å². The van der Waals surface area contributed by atoms with Crippen LogP contribution in [0.4, 0.5) is 5.69 Å². The maximum absolute atomic E-state index is 12.5. The lowest BCUT2D eigenvalue weighted by Crippen LogP contribution is -2.25. The molecule has 0 aromatic heterocycles. The largest absolute Gasteiger partial charge is 0.288 e. The summed E-state index contributed by atoms with van der Waals surface area (Å²) in [6, 6.07) is 15.2. The molecule has 2 aromatic carbocycles. The standard InChI is InChI=1S/C19H17NO2S/c1-3-18(21)20(14-8-6-7-13(2)11-14)12-17-19(22)15-9-4-5-10-16(15)23-17/h4-12H,3H2,1-2H3/b17-12+. The van der Waals surface area contributed by atoms with Crippen molar-refractivity contribution in [3.05, 3.63) is 70.8 Å². The third-order valence-corrected chi connectivity index (χ3v) is 4.76. The molecule has 1 amide bonds. The van der Waals surface area contributed by atoms with E-state index < -0.39 is 0 Å². The lowest BCUT2D eigenvalue weighted by Gasteiger charge is -2.19. The van der Waals surface area contributed by atoms with E-state index in [0.29, 0.717) is 16.9 Å². The van der Waals surface area contributed by atoms with Crippen LogP contribution in [0.1, 0.15) is 29.3 Å². The number of aryl methyl sites for hydroxylation is 1. The molecule has 23 heavy (non-hydrogen) atoms. The molecule has 0 saturated carbocycles. The Morgan fingerprint density at radius 3 is 2.65 bits per heavy atom. The van der Waals surface area contributed by atoms with Gasteiger partial charge in [-0.1, -0.05) is 43.0 Å². The molecule has 3 nitrogen and oxygen atoms in total. The summed E-state index contributed by atoms with van der Waals surface area (Å²) in [6.07, 6.45) is 2.05. The van der Waals surface area contributed by atoms with Gasteiger partial charge in [-0.05, 0) is 36.8 Å². The molecule has 0 spiro atoms. The minimum Gasteiger partial charge on any atom is -0.288 e. The van der Waals surface area contributed by atoms with E-state index in [4.69, 9.17) is 0 Å². The number of fused-ring (bicyclic) bond motifs is 1. The zero-order chi connectivity index (χ0) is 16.4. The molecule has 0 unspecified atom stereocenters. The number of thioether (sulfide) groups is 1. The van der Waals surface area contributed by atoms with E-state index in [1.165, 1.54) is 11.8 Å². The number of hydrogen-bond acceptors (Lipinski definition) is 3. The average Bonchev–Trinajstić information content (AvgIpc) is 2.88. The van der Waals surface area contributed by atoms with Gasteiger partial charge >= 0.3 is 0 Å². The van der Waals surface area contributed by atoms with Gasteiger partial charge < -0.3 is 0 Å². The average molecular weight is 323 g/mol. The van der Waals surface area contributed by atoms with Crippen LogP contribution in [0, 0.1) is 6.92 Å². The fourth-order valence-electron chi connectivity index (χ4n) is 2.48. The molecule has 0 atom stereocenters. The number of rotatable bonds is 3. The minimum absolute atomic E-state index is 0.0212. The van der Waals surface area contributed by atoms with Crippen molar-refractivity contribution in [2.24, 2.45) is 0 Å². The smallest absolute Gasteiger partial charge is 0.230 e. The van der Waals surface area contributed by atoms with Crippen LogP contribution in [0.2, 0.25) is 0 Å². The fraction of sp³-hybridized carbons (Fsp3) is 0.158. The van der Waals surface area contributed by atoms with Gasteiger partial charge in [0.05, 0.1) is 4.91 Å². The molecule has 0 aliphatic carbocycles. The van der Waals surface area contributed by atoms with Gasteiger partial charge in [0.2, 0.25) is 11.7 Å². The highest BCUT2D eigenvalue weighted by atomic mass is 32.2. The number of amides is 1. The SMILES string of the molecule is CCC(=O)N(/C=C1/Sc2ccccc2C1=O)c1cccc(C)c1. The van der Waals surface area contributed by atoms with Gasteiger partial charge in [-0.2, -0.15) is 0 Å². The van der Waals surface area contributed by atoms with E-state index in [9.17, 15) is 9.59 Å². The second-order valence-corrected chi connectivity index (χ2v) is 6.46. The van der Waals surface area contributed by atoms with Crippen LogP contribution in [-0.2, 0) is 4.79 Å². The van der Waals surface area contributed by atoms with Crippen LogP contribution >= 0.6 is 11.8 Å². The van der Waals surface area contributed by atoms with Crippen molar-refractivity contribution in [1.82, 2.24) is 0 Å². The number of carbonyl (C=O) groups excluding carboxylic acids is 2. The first-order chi connectivity index (χ1) is 11.1. The minimum atomic E-state index is -0.0348. The highest BCUT2D eigenvalue weighted by Gasteiger charge is 2.27. The first-order valence-corrected chi connectivity index (χ1v) is 8.34. The monoisotopic (exact) mass is 323 g/mol. The van der Waals surface area contributed by atoms with E-state index in [1.807, 2.05) is 62.4 Å². The summed E-state index contributed by atoms with van der Waals surface area (Å²) < 4.78 is 0. The normalized spacial score (nSPS) is 14.9. The van der Waals surface area contributed by atoms with E-state index in [-0.39, 0.29) is 11.7 Å². The summed E-state index contributed by atoms with van der Waals surface area (Å²) >= 11 is 1.42. The van der Waals surface area contributed by atoms with Crippen LogP contribution in [-0.4, -0.2) is 11.7 Å². The van der Waals surface area contributed by atoms with E-state index >= 15 is 0 Å². The number of ketones is 1. The molecule has 0 fully saturated rings. The Balaban J connectivity index is 2.00. The summed E-state index contributed by atoms with van der Waals surface area (Å²) in [7, 11) is 0. The molecule has 1 aliphatic heterocycles. The van der Waals surface area contributed by atoms with Crippen molar-refractivity contribution < 1.29 is 9.59 Å². The van der Waals surface area contributed by atoms with Gasteiger partial charge in [0.15, 0.2) is 0 Å². The Kier molecular flexibility index (Phi) is 4.35. The lowest BCUT2D eigenvalue weighted by molar-refractivity contribution is -0.117. The van der Waals surface area contributed by atoms with Crippen LogP contribution in [0.15, 0.2) is 64.5 Å². The molecule has 1 aliphatic rings. The van der Waals surface area contributed by atoms with Crippen LogP contribution in [0.3, 0.4) is 0 Å². The van der Waals surface area contributed by atoms with Crippen molar-refractivity contribution in [3.63, 3.8) is 0 Å². The van der Waals surface area contributed by atoms with Gasteiger partial charge in [-0.15, -0.1) is 0 Å². The number of nitrogens with zero attached hydrogens (tertiary/aromatic N) is 1. The van der Waals surface area contributed by atoms with Crippen molar-refractivity contribution in [1.29, 1.82) is 0 Å². The zero-order valence-corrected chi connectivity index (χ0v) is 13.9. The Bertz CT molecular complexity index is 811. The zero-order valence-electron chi connectivity index (χ0n) is 13.1. The summed E-state index contributed by atoms with van der Waals surface area (Å²) in [5, 5.41) is 0. The van der Waals surface area contributed by atoms with Gasteiger partial charge in [-0.25, -0.2) is 0 Å². The molecule has 116 valence electrons. The van der Waals surface area contributed by atoms with Crippen LogP contribution < -0.4 is 4.90 Å². The summed E-state index contributed by atoms with van der Waals surface area (Å²) in [5.74, 6) is -0.0559. The van der Waals surface area contributed by atoms with Gasteiger partial charge in [0.1, 0.15) is 0 Å². The maximum Gasteiger partial charge on any atom is 0.230 e. The Hall–Kier alpha value is -2.33. The van der Waals surface area contributed by atoms with Gasteiger partial charge in [-0.3, -0.25) is 14.5 Å². The number of hydrogen-bond donors (Lipinski definition) is 0. The summed E-state index contributed by atoms with van der Waals surface area (Å²) in [5.41, 5.74) is 2.56. The predicted octanol–water partition coefficient (Wildman–Crippen LogP) is 4.57. The highest BCUT2D eigenvalue weighted by molar-refractivity contribution is 8.04. The van der Waals surface area contributed by atoms with E-state index in [1.54, 1.807) is 11.1 Å². The number of Topliss-reactive ketones (excluding diaryl/α,β-unsaturated/α-hetero) is 1. The van der Waals surface area contributed by atoms with Crippen molar-refractivity contribution in [2.75, 3.05) is 4.90 Å². The number of benzene rings is 2. The number of allylic oxidation sites excluding steroid dienone is 1. The topological polar surface area (TPSA) is 37.4 Å². The first-order valence-electron chi connectivity index (χ1n) is 7.52. The Morgan fingerprint density at radius 1 is 1.17 bits per heavy atom. The molecule has 3 rings (SSSR count). The number of carbonyl (C=O) groups is 2. The Morgan fingerprint density at radius 2 is 1.96 bits per heavy atom. The van der Waals surface area contributed by atoms with Gasteiger partial charge in [0.25, 0.3) is 0 Å². The third kappa shape index (κ3) is 3.08. The predicted molar refractivity (Wildman–Crippen MR) is 93.7 cm³/mol. The first kappa shape index (κ1) is 15.6. The van der Waals surface area contributed by atoms with Gasteiger partial charge in [0, 0.05) is 28.8 Å². The fourth-order valence-corrected chi connectivity index (χ4v) is 3.50. The molecule has 1 heterocycles. The summed E-state index contributed by atoms with van der Waals surface area (Å²) in [4.78, 5) is 28.0. The highest BCUT2D eigenvalue weighted by Crippen LogP contribution is 2.40. The second-order valence-electron chi connectivity index (χ2n) is 5.38. The van der Waals surface area contributed by atoms with Crippen molar-refractivity contribution in [2.45, 2.75) is 25.2 Å². The van der Waals surface area contributed by atoms with Crippen molar-refractivity contribution in [3.8, 4) is 0 Å². The maximum atomic E-state index is 12.5. The lowest BCUT2D eigenvalue weighted by atomic mass is 10.1. The number of anilines is 1. The van der Waals surface area contributed by atoms with Crippen LogP contribution in [0.25, 0.3) is 0 Å². The third-order valence-electron chi connectivity index (χ3n) is 3.67. The molecule has 4 heteroatoms.